The molecule has 0 aliphatic carbocycles. The fourth-order valence-electron chi connectivity index (χ4n) is 1.22. The highest BCUT2D eigenvalue weighted by molar-refractivity contribution is 7.99. The quantitative estimate of drug-likeness (QED) is 0.850. The molecular formula is C10H9N3O2S. The second-order valence-electron chi connectivity index (χ2n) is 3.14. The summed E-state index contributed by atoms with van der Waals surface area (Å²) < 4.78 is 0. The van der Waals surface area contributed by atoms with E-state index in [0.717, 1.165) is 0 Å². The maximum Gasteiger partial charge on any atom is 0.335 e. The Labute approximate surface area is 95.9 Å². The number of carboxylic acid groups (broad SMARTS) is 1. The minimum absolute atomic E-state index is 0.238. The van der Waals surface area contributed by atoms with E-state index in [-0.39, 0.29) is 5.56 Å². The monoisotopic (exact) mass is 235 g/mol. The van der Waals surface area contributed by atoms with Gasteiger partial charge in [-0.2, -0.15) is 0 Å². The van der Waals surface area contributed by atoms with Crippen molar-refractivity contribution in [2.45, 2.75) is 17.1 Å². The number of aromatic carboxylic acids is 1. The van der Waals surface area contributed by atoms with E-state index in [9.17, 15) is 4.79 Å². The van der Waals surface area contributed by atoms with Crippen molar-refractivity contribution >= 4 is 17.7 Å². The molecule has 5 nitrogen and oxygen atoms in total. The molecule has 2 rings (SSSR count). The first kappa shape index (κ1) is 10.7. The number of imidazole rings is 1. The fourth-order valence-corrected chi connectivity index (χ4v) is 2.03. The topological polar surface area (TPSA) is 78.9 Å². The Morgan fingerprint density at radius 2 is 2.31 bits per heavy atom. The van der Waals surface area contributed by atoms with Crippen LogP contribution in [-0.4, -0.2) is 26.0 Å². The molecule has 0 saturated heterocycles. The number of rotatable bonds is 3. The number of hydrogen-bond donors (Lipinski definition) is 2. The Morgan fingerprint density at radius 1 is 1.50 bits per heavy atom. The van der Waals surface area contributed by atoms with Gasteiger partial charge in [-0.1, -0.05) is 0 Å². The van der Waals surface area contributed by atoms with Crippen LogP contribution >= 0.6 is 11.8 Å². The second-order valence-corrected chi connectivity index (χ2v) is 4.15. The zero-order chi connectivity index (χ0) is 11.5. The summed E-state index contributed by atoms with van der Waals surface area (Å²) in [6.07, 6.45) is 3.34. The third kappa shape index (κ3) is 2.40. The van der Waals surface area contributed by atoms with Crippen LogP contribution in [0.15, 0.2) is 34.7 Å². The van der Waals surface area contributed by atoms with Gasteiger partial charge in [-0.15, -0.1) is 0 Å². The van der Waals surface area contributed by atoms with Gasteiger partial charge < -0.3 is 10.1 Å². The predicted molar refractivity (Wildman–Crippen MR) is 58.6 cm³/mol. The molecule has 0 spiro atoms. The maximum absolute atomic E-state index is 10.8. The number of aromatic nitrogens is 3. The number of nitrogens with one attached hydrogen (secondary N) is 1. The van der Waals surface area contributed by atoms with Gasteiger partial charge in [-0.05, 0) is 30.8 Å². The van der Waals surface area contributed by atoms with Crippen molar-refractivity contribution in [3.05, 3.63) is 35.8 Å². The molecule has 0 amide bonds. The third-order valence-electron chi connectivity index (χ3n) is 1.85. The normalized spacial score (nSPS) is 10.3. The lowest BCUT2D eigenvalue weighted by Gasteiger charge is -2.01. The summed E-state index contributed by atoms with van der Waals surface area (Å²) in [6.45, 7) is 1.76. The number of aryl methyl sites for hydroxylation is 1. The molecule has 0 atom stereocenters. The molecule has 0 fully saturated rings. The van der Waals surface area contributed by atoms with Crippen LogP contribution in [0.4, 0.5) is 0 Å². The molecule has 6 heteroatoms. The van der Waals surface area contributed by atoms with Crippen LogP contribution in [0.5, 0.6) is 0 Å². The summed E-state index contributed by atoms with van der Waals surface area (Å²) in [6, 6.07) is 3.07. The first-order valence-corrected chi connectivity index (χ1v) is 5.36. The van der Waals surface area contributed by atoms with Gasteiger partial charge in [-0.3, -0.25) is 0 Å². The van der Waals surface area contributed by atoms with Crippen LogP contribution in [-0.2, 0) is 0 Å². The van der Waals surface area contributed by atoms with Crippen molar-refractivity contribution < 1.29 is 9.90 Å². The van der Waals surface area contributed by atoms with Crippen molar-refractivity contribution in [3.8, 4) is 0 Å². The largest absolute Gasteiger partial charge is 0.478 e. The van der Waals surface area contributed by atoms with E-state index in [1.54, 1.807) is 19.3 Å². The highest BCUT2D eigenvalue weighted by Gasteiger charge is 2.08. The summed E-state index contributed by atoms with van der Waals surface area (Å²) in [5.41, 5.74) is 0.913. The van der Waals surface area contributed by atoms with Gasteiger partial charge in [0.15, 0.2) is 5.16 Å². The summed E-state index contributed by atoms with van der Waals surface area (Å²) in [5.74, 6) is -0.952. The van der Waals surface area contributed by atoms with E-state index in [2.05, 4.69) is 15.0 Å². The van der Waals surface area contributed by atoms with Gasteiger partial charge in [0.1, 0.15) is 5.03 Å². The van der Waals surface area contributed by atoms with Gasteiger partial charge in [0.25, 0.3) is 0 Å². The number of H-pyrrole nitrogens is 1. The van der Waals surface area contributed by atoms with Crippen molar-refractivity contribution in [2.75, 3.05) is 0 Å². The summed E-state index contributed by atoms with van der Waals surface area (Å²) >= 11 is 1.30. The molecule has 2 aromatic rings. The number of hydrogen-bond acceptors (Lipinski definition) is 4. The molecule has 0 aromatic carbocycles. The van der Waals surface area contributed by atoms with Crippen LogP contribution in [0.2, 0.25) is 0 Å². The van der Waals surface area contributed by atoms with Crippen LogP contribution in [0.3, 0.4) is 0 Å². The molecule has 82 valence electrons. The molecular weight excluding hydrogens is 226 g/mol. The molecule has 0 radical (unpaired) electrons. The molecule has 0 aliphatic heterocycles. The lowest BCUT2D eigenvalue weighted by Crippen LogP contribution is -1.99. The van der Waals surface area contributed by atoms with Gasteiger partial charge in [-0.25, -0.2) is 14.8 Å². The van der Waals surface area contributed by atoms with Gasteiger partial charge in [0, 0.05) is 18.1 Å². The van der Waals surface area contributed by atoms with Gasteiger partial charge >= 0.3 is 5.97 Å². The highest BCUT2D eigenvalue weighted by atomic mass is 32.2. The number of carboxylic acids is 1. The zero-order valence-corrected chi connectivity index (χ0v) is 9.28. The SMILES string of the molecule is Cc1cc(C(=O)O)cc(Sc2ncc[nH]2)n1. The molecule has 0 saturated carbocycles. The number of nitrogens with zero attached hydrogens (tertiary/aromatic N) is 2. The maximum atomic E-state index is 10.8. The minimum atomic E-state index is -0.952. The molecule has 0 bridgehead atoms. The minimum Gasteiger partial charge on any atom is -0.478 e. The van der Waals surface area contributed by atoms with E-state index < -0.39 is 5.97 Å². The summed E-state index contributed by atoms with van der Waals surface area (Å²) in [5, 5.41) is 10.2. The first-order chi connectivity index (χ1) is 7.65. The Balaban J connectivity index is 2.31. The van der Waals surface area contributed by atoms with E-state index in [1.807, 2.05) is 0 Å². The Morgan fingerprint density at radius 3 is 2.94 bits per heavy atom. The molecule has 2 N–H and O–H groups in total. The molecule has 0 unspecified atom stereocenters. The summed E-state index contributed by atoms with van der Waals surface area (Å²) in [7, 11) is 0. The lowest BCUT2D eigenvalue weighted by atomic mass is 10.2. The average molecular weight is 235 g/mol. The molecule has 16 heavy (non-hydrogen) atoms. The Kier molecular flexibility index (Phi) is 2.91. The van der Waals surface area contributed by atoms with Crippen molar-refractivity contribution in [3.63, 3.8) is 0 Å². The van der Waals surface area contributed by atoms with Crippen molar-refractivity contribution in [2.24, 2.45) is 0 Å². The van der Waals surface area contributed by atoms with Gasteiger partial charge in [0.2, 0.25) is 0 Å². The number of pyridine rings is 1. The standard InChI is InChI=1S/C10H9N3O2S/c1-6-4-7(9(14)15)5-8(13-6)16-10-11-2-3-12-10/h2-5H,1H3,(H,11,12)(H,14,15). The van der Waals surface area contributed by atoms with Crippen molar-refractivity contribution in [1.29, 1.82) is 0 Å². The fraction of sp³-hybridized carbons (Fsp3) is 0.100. The molecule has 0 aliphatic rings. The van der Waals surface area contributed by atoms with E-state index in [0.29, 0.717) is 15.9 Å². The van der Waals surface area contributed by atoms with Crippen molar-refractivity contribution in [1.82, 2.24) is 15.0 Å². The lowest BCUT2D eigenvalue weighted by molar-refractivity contribution is 0.0696. The molecule has 2 aromatic heterocycles. The first-order valence-electron chi connectivity index (χ1n) is 4.54. The van der Waals surface area contributed by atoms with Gasteiger partial charge in [0.05, 0.1) is 5.56 Å². The van der Waals surface area contributed by atoms with E-state index >= 15 is 0 Å². The smallest absolute Gasteiger partial charge is 0.335 e. The zero-order valence-electron chi connectivity index (χ0n) is 8.47. The predicted octanol–water partition coefficient (Wildman–Crippen LogP) is 1.96. The number of carbonyl (C=O) groups is 1. The van der Waals surface area contributed by atoms with E-state index in [4.69, 9.17) is 5.11 Å². The second kappa shape index (κ2) is 4.36. The Bertz CT molecular complexity index is 511. The van der Waals surface area contributed by atoms with E-state index in [1.165, 1.54) is 23.9 Å². The summed E-state index contributed by atoms with van der Waals surface area (Å²) in [4.78, 5) is 22.0. The number of aromatic amines is 1. The highest BCUT2D eigenvalue weighted by Crippen LogP contribution is 2.23. The van der Waals surface area contributed by atoms with Crippen LogP contribution in [0.25, 0.3) is 0 Å². The molecule has 2 heterocycles. The van der Waals surface area contributed by atoms with Crippen LogP contribution < -0.4 is 0 Å². The van der Waals surface area contributed by atoms with Crippen LogP contribution in [0, 0.1) is 6.92 Å². The average Bonchev–Trinajstić information content (AvgIpc) is 2.69. The third-order valence-corrected chi connectivity index (χ3v) is 2.69. The Hall–Kier alpha value is -1.82. The van der Waals surface area contributed by atoms with Crippen LogP contribution in [0.1, 0.15) is 16.1 Å².